The van der Waals surface area contributed by atoms with Crippen molar-refractivity contribution in [2.24, 2.45) is 0 Å². The van der Waals surface area contributed by atoms with Crippen LogP contribution in [0.1, 0.15) is 11.6 Å². The molecule has 3 rings (SSSR count). The van der Waals surface area contributed by atoms with E-state index in [1.165, 1.54) is 0 Å². The largest absolute Gasteiger partial charge is 0.489 e. The fourth-order valence-electron chi connectivity index (χ4n) is 2.17. The van der Waals surface area contributed by atoms with Crippen LogP contribution in [0.3, 0.4) is 0 Å². The van der Waals surface area contributed by atoms with E-state index in [0.29, 0.717) is 18.0 Å². The zero-order valence-electron chi connectivity index (χ0n) is 10.2. The fraction of sp³-hybridized carbons (Fsp3) is 0.154. The normalized spacial score (nSPS) is 17.3. The summed E-state index contributed by atoms with van der Waals surface area (Å²) in [6.07, 6.45) is 3.94. The number of fused-ring (bicyclic) bond motifs is 1. The van der Waals surface area contributed by atoms with Gasteiger partial charge in [-0.05, 0) is 17.7 Å². The molecule has 3 heterocycles. The molecule has 2 aromatic rings. The van der Waals surface area contributed by atoms with Gasteiger partial charge in [0.15, 0.2) is 0 Å². The predicted molar refractivity (Wildman–Crippen MR) is 75.3 cm³/mol. The zero-order valence-corrected chi connectivity index (χ0v) is 11.7. The fourth-order valence-corrected chi connectivity index (χ4v) is 2.65. The van der Waals surface area contributed by atoms with Crippen LogP contribution >= 0.6 is 23.2 Å². The van der Waals surface area contributed by atoms with Gasteiger partial charge in [-0.3, -0.25) is 14.7 Å². The topological polar surface area (TPSA) is 55.3 Å². The SMILES string of the molecule is O=CN1c2cnccc2OCC1c1cc(Cl)nc(Cl)c1. The molecule has 1 amide bonds. The molecule has 1 atom stereocenters. The van der Waals surface area contributed by atoms with Crippen LogP contribution in [0.4, 0.5) is 5.69 Å². The molecule has 1 aliphatic heterocycles. The van der Waals surface area contributed by atoms with Gasteiger partial charge in [-0.1, -0.05) is 23.2 Å². The summed E-state index contributed by atoms with van der Waals surface area (Å²) in [4.78, 5) is 20.9. The van der Waals surface area contributed by atoms with E-state index in [-0.39, 0.29) is 16.3 Å². The van der Waals surface area contributed by atoms with Crippen molar-refractivity contribution in [3.8, 4) is 5.75 Å². The molecule has 0 bridgehead atoms. The monoisotopic (exact) mass is 309 g/mol. The Hall–Kier alpha value is -1.85. The highest BCUT2D eigenvalue weighted by molar-refractivity contribution is 6.32. The Morgan fingerprint density at radius 3 is 2.80 bits per heavy atom. The Morgan fingerprint density at radius 2 is 2.10 bits per heavy atom. The second-order valence-corrected chi connectivity index (χ2v) is 5.00. The number of carbonyl (C=O) groups is 1. The van der Waals surface area contributed by atoms with Crippen molar-refractivity contribution in [2.75, 3.05) is 11.5 Å². The minimum atomic E-state index is -0.317. The number of hydrogen-bond acceptors (Lipinski definition) is 4. The van der Waals surface area contributed by atoms with E-state index >= 15 is 0 Å². The molecule has 0 N–H and O–H groups in total. The number of pyridine rings is 2. The molecular formula is C13H9Cl2N3O2. The van der Waals surface area contributed by atoms with Crippen LogP contribution in [0.2, 0.25) is 10.3 Å². The van der Waals surface area contributed by atoms with Gasteiger partial charge in [0.25, 0.3) is 0 Å². The van der Waals surface area contributed by atoms with Crippen LogP contribution < -0.4 is 9.64 Å². The summed E-state index contributed by atoms with van der Waals surface area (Å²) in [5.41, 5.74) is 1.37. The first kappa shape index (κ1) is 13.1. The van der Waals surface area contributed by atoms with Crippen molar-refractivity contribution in [3.63, 3.8) is 0 Å². The highest BCUT2D eigenvalue weighted by atomic mass is 35.5. The van der Waals surface area contributed by atoms with E-state index < -0.39 is 0 Å². The third-order valence-corrected chi connectivity index (χ3v) is 3.44. The Balaban J connectivity index is 2.05. The van der Waals surface area contributed by atoms with Crippen LogP contribution in [-0.2, 0) is 4.79 Å². The van der Waals surface area contributed by atoms with E-state index in [9.17, 15) is 4.79 Å². The van der Waals surface area contributed by atoms with Crippen LogP contribution in [0, 0.1) is 0 Å². The number of hydrogen-bond donors (Lipinski definition) is 0. The van der Waals surface area contributed by atoms with Gasteiger partial charge in [-0.25, -0.2) is 4.98 Å². The van der Waals surface area contributed by atoms with Gasteiger partial charge in [0.05, 0.1) is 12.2 Å². The number of rotatable bonds is 2. The molecule has 0 saturated carbocycles. The lowest BCUT2D eigenvalue weighted by Crippen LogP contribution is -2.35. The molecule has 0 spiro atoms. The maximum Gasteiger partial charge on any atom is 0.214 e. The standard InChI is InChI=1S/C13H9Cl2N3O2/c14-12-3-8(4-13(15)17-12)10-6-20-11-1-2-16-5-9(11)18(10)7-19/h1-5,7,10H,6H2. The first-order valence-electron chi connectivity index (χ1n) is 5.82. The molecule has 1 unspecified atom stereocenters. The van der Waals surface area contributed by atoms with Gasteiger partial charge < -0.3 is 4.74 Å². The number of amides is 1. The van der Waals surface area contributed by atoms with Crippen molar-refractivity contribution < 1.29 is 9.53 Å². The lowest BCUT2D eigenvalue weighted by atomic mass is 10.1. The number of carbonyl (C=O) groups excluding carboxylic acids is 1. The molecule has 20 heavy (non-hydrogen) atoms. The number of ether oxygens (including phenoxy) is 1. The molecule has 5 nitrogen and oxygen atoms in total. The Bertz CT molecular complexity index is 646. The summed E-state index contributed by atoms with van der Waals surface area (Å²) in [6, 6.07) is 4.73. The summed E-state index contributed by atoms with van der Waals surface area (Å²) in [5.74, 6) is 0.620. The molecule has 0 aromatic carbocycles. The van der Waals surface area contributed by atoms with Crippen molar-refractivity contribution in [3.05, 3.63) is 46.5 Å². The lowest BCUT2D eigenvalue weighted by Gasteiger charge is -2.34. The molecule has 1 aliphatic rings. The van der Waals surface area contributed by atoms with Crippen LogP contribution in [-0.4, -0.2) is 23.0 Å². The van der Waals surface area contributed by atoms with Gasteiger partial charge in [0, 0.05) is 12.3 Å². The predicted octanol–water partition coefficient (Wildman–Crippen LogP) is 2.88. The van der Waals surface area contributed by atoms with E-state index in [4.69, 9.17) is 27.9 Å². The minimum Gasteiger partial charge on any atom is -0.489 e. The van der Waals surface area contributed by atoms with E-state index in [2.05, 4.69) is 9.97 Å². The zero-order chi connectivity index (χ0) is 14.1. The molecule has 0 saturated heterocycles. The lowest BCUT2D eigenvalue weighted by molar-refractivity contribution is -0.108. The maximum atomic E-state index is 11.4. The van der Waals surface area contributed by atoms with Gasteiger partial charge in [-0.15, -0.1) is 0 Å². The summed E-state index contributed by atoms with van der Waals surface area (Å²) in [6.45, 7) is 0.312. The molecule has 0 radical (unpaired) electrons. The quantitative estimate of drug-likeness (QED) is 0.632. The number of anilines is 1. The summed E-state index contributed by atoms with van der Waals surface area (Å²) >= 11 is 11.8. The number of nitrogens with zero attached hydrogens (tertiary/aromatic N) is 3. The molecule has 7 heteroatoms. The average Bonchev–Trinajstić information content (AvgIpc) is 2.45. The first-order chi connectivity index (χ1) is 9.69. The molecule has 0 aliphatic carbocycles. The third-order valence-electron chi connectivity index (χ3n) is 3.06. The molecule has 102 valence electrons. The van der Waals surface area contributed by atoms with E-state index in [0.717, 1.165) is 12.0 Å². The smallest absolute Gasteiger partial charge is 0.214 e. The van der Waals surface area contributed by atoms with Gasteiger partial charge in [0.1, 0.15) is 28.3 Å². The van der Waals surface area contributed by atoms with E-state index in [1.807, 2.05) is 0 Å². The Morgan fingerprint density at radius 1 is 1.35 bits per heavy atom. The second kappa shape index (κ2) is 5.26. The number of halogens is 2. The van der Waals surface area contributed by atoms with Gasteiger partial charge >= 0.3 is 0 Å². The molecule has 0 fully saturated rings. The van der Waals surface area contributed by atoms with Gasteiger partial charge in [0.2, 0.25) is 6.41 Å². The van der Waals surface area contributed by atoms with Crippen molar-refractivity contribution in [1.29, 1.82) is 0 Å². The Labute approximate surface area is 125 Å². The minimum absolute atomic E-state index is 0.273. The Kier molecular flexibility index (Phi) is 3.46. The highest BCUT2D eigenvalue weighted by Gasteiger charge is 2.29. The molecule has 2 aromatic heterocycles. The van der Waals surface area contributed by atoms with Crippen molar-refractivity contribution in [1.82, 2.24) is 9.97 Å². The van der Waals surface area contributed by atoms with Crippen molar-refractivity contribution in [2.45, 2.75) is 6.04 Å². The summed E-state index contributed by atoms with van der Waals surface area (Å²) in [7, 11) is 0. The van der Waals surface area contributed by atoms with Gasteiger partial charge in [-0.2, -0.15) is 0 Å². The highest BCUT2D eigenvalue weighted by Crippen LogP contribution is 2.38. The molecular weight excluding hydrogens is 301 g/mol. The van der Waals surface area contributed by atoms with Crippen LogP contribution in [0.5, 0.6) is 5.75 Å². The summed E-state index contributed by atoms with van der Waals surface area (Å²) < 4.78 is 5.66. The second-order valence-electron chi connectivity index (χ2n) is 4.23. The third kappa shape index (κ3) is 2.30. The van der Waals surface area contributed by atoms with Crippen molar-refractivity contribution >= 4 is 35.3 Å². The first-order valence-corrected chi connectivity index (χ1v) is 6.58. The summed E-state index contributed by atoms with van der Waals surface area (Å²) in [5, 5.41) is 0.547. The van der Waals surface area contributed by atoms with E-state index in [1.54, 1.807) is 35.5 Å². The average molecular weight is 310 g/mol. The maximum absolute atomic E-state index is 11.4. The number of aromatic nitrogens is 2. The van der Waals surface area contributed by atoms with Crippen LogP contribution in [0.25, 0.3) is 0 Å². The van der Waals surface area contributed by atoms with Crippen LogP contribution in [0.15, 0.2) is 30.6 Å².